The molecule has 0 bridgehead atoms. The number of nitrogens with zero attached hydrogens (tertiary/aromatic N) is 4. The standard InChI is InChI=1S/C23H20Cl2FN5O2S/c1-12-15(10-16-17(25)5-4-6-18(16)26)13(2)31-22(27-12)29-23(30-31)34-11-21(32)28-19-9-14(24)7-8-20(19)33-3/h4-9H,10-11H2,1-3H3,(H,28,32). The number of anilines is 1. The molecule has 0 unspecified atom stereocenters. The van der Waals surface area contributed by atoms with Crippen LogP contribution in [-0.4, -0.2) is 38.4 Å². The Hall–Kier alpha value is -2.88. The number of carbonyl (C=O) groups excluding carboxylic acids is 1. The fraction of sp³-hybridized carbons (Fsp3) is 0.217. The summed E-state index contributed by atoms with van der Waals surface area (Å²) in [6.45, 7) is 3.71. The third kappa shape index (κ3) is 5.11. The number of hydrogen-bond donors (Lipinski definition) is 1. The number of methoxy groups -OCH3 is 1. The first kappa shape index (κ1) is 24.3. The molecule has 1 amide bonds. The van der Waals surface area contributed by atoms with E-state index in [0.29, 0.717) is 43.7 Å². The lowest BCUT2D eigenvalue weighted by Crippen LogP contribution is -2.14. The van der Waals surface area contributed by atoms with Crippen molar-refractivity contribution in [3.63, 3.8) is 0 Å². The van der Waals surface area contributed by atoms with Crippen LogP contribution in [0, 0.1) is 19.7 Å². The normalized spacial score (nSPS) is 11.1. The van der Waals surface area contributed by atoms with Crippen LogP contribution in [0.2, 0.25) is 10.0 Å². The summed E-state index contributed by atoms with van der Waals surface area (Å²) in [6, 6.07) is 9.58. The van der Waals surface area contributed by atoms with Crippen molar-refractivity contribution < 1.29 is 13.9 Å². The third-order valence-corrected chi connectivity index (χ3v) is 6.64. The van der Waals surface area contributed by atoms with Gasteiger partial charge in [-0.3, -0.25) is 4.79 Å². The molecule has 0 atom stereocenters. The van der Waals surface area contributed by atoms with E-state index < -0.39 is 0 Å². The van der Waals surface area contributed by atoms with E-state index in [-0.39, 0.29) is 23.9 Å². The highest BCUT2D eigenvalue weighted by molar-refractivity contribution is 7.99. The van der Waals surface area contributed by atoms with E-state index in [0.717, 1.165) is 11.3 Å². The van der Waals surface area contributed by atoms with Crippen LogP contribution in [-0.2, 0) is 11.2 Å². The first-order valence-corrected chi connectivity index (χ1v) is 11.9. The highest BCUT2D eigenvalue weighted by Crippen LogP contribution is 2.29. The first-order chi connectivity index (χ1) is 16.3. The maximum atomic E-state index is 14.3. The van der Waals surface area contributed by atoms with Crippen LogP contribution in [0.25, 0.3) is 5.78 Å². The summed E-state index contributed by atoms with van der Waals surface area (Å²) in [5, 5.41) is 8.49. The van der Waals surface area contributed by atoms with Crippen LogP contribution in [0.15, 0.2) is 41.6 Å². The number of amides is 1. The predicted molar refractivity (Wildman–Crippen MR) is 132 cm³/mol. The van der Waals surface area contributed by atoms with E-state index in [1.165, 1.54) is 24.9 Å². The maximum Gasteiger partial charge on any atom is 0.253 e. The molecule has 4 rings (SSSR count). The average molecular weight is 520 g/mol. The minimum atomic E-state index is -0.372. The summed E-state index contributed by atoms with van der Waals surface area (Å²) < 4.78 is 21.2. The zero-order valence-corrected chi connectivity index (χ0v) is 20.9. The number of benzene rings is 2. The number of aromatic nitrogens is 4. The highest BCUT2D eigenvalue weighted by Gasteiger charge is 2.18. The topological polar surface area (TPSA) is 81.4 Å². The van der Waals surface area contributed by atoms with Gasteiger partial charge in [0.1, 0.15) is 11.6 Å². The number of rotatable bonds is 7. The van der Waals surface area contributed by atoms with Gasteiger partial charge in [0.05, 0.1) is 18.6 Å². The molecule has 176 valence electrons. The molecule has 2 heterocycles. The van der Waals surface area contributed by atoms with Crippen LogP contribution in [0.5, 0.6) is 5.75 Å². The van der Waals surface area contributed by atoms with Gasteiger partial charge in [0.2, 0.25) is 11.1 Å². The van der Waals surface area contributed by atoms with Crippen molar-refractivity contribution in [1.29, 1.82) is 0 Å². The molecule has 0 aliphatic rings. The number of aryl methyl sites for hydroxylation is 2. The minimum absolute atomic E-state index is 0.0717. The van der Waals surface area contributed by atoms with Crippen molar-refractivity contribution in [1.82, 2.24) is 19.6 Å². The Balaban J connectivity index is 1.52. The van der Waals surface area contributed by atoms with Crippen molar-refractivity contribution in [3.8, 4) is 5.75 Å². The molecule has 0 aliphatic carbocycles. The fourth-order valence-electron chi connectivity index (χ4n) is 3.48. The van der Waals surface area contributed by atoms with Gasteiger partial charge in [-0.25, -0.2) is 13.9 Å². The largest absolute Gasteiger partial charge is 0.495 e. The molecule has 11 heteroatoms. The van der Waals surface area contributed by atoms with Gasteiger partial charge in [-0.05, 0) is 49.7 Å². The minimum Gasteiger partial charge on any atom is -0.495 e. The first-order valence-electron chi connectivity index (χ1n) is 10.2. The second-order valence-electron chi connectivity index (χ2n) is 7.43. The van der Waals surface area contributed by atoms with E-state index in [1.807, 2.05) is 13.8 Å². The van der Waals surface area contributed by atoms with E-state index in [1.54, 1.807) is 34.8 Å². The lowest BCUT2D eigenvalue weighted by Gasteiger charge is -2.12. The molecular formula is C23H20Cl2FN5O2S. The molecule has 0 spiro atoms. The Bertz CT molecular complexity index is 1380. The van der Waals surface area contributed by atoms with Crippen LogP contribution in [0.1, 0.15) is 22.5 Å². The molecule has 0 saturated carbocycles. The molecule has 34 heavy (non-hydrogen) atoms. The van der Waals surface area contributed by atoms with E-state index in [2.05, 4.69) is 20.4 Å². The van der Waals surface area contributed by atoms with Crippen LogP contribution in [0.3, 0.4) is 0 Å². The van der Waals surface area contributed by atoms with Crippen LogP contribution in [0.4, 0.5) is 10.1 Å². The van der Waals surface area contributed by atoms with Crippen LogP contribution < -0.4 is 10.1 Å². The monoisotopic (exact) mass is 519 g/mol. The number of thioether (sulfide) groups is 1. The Morgan fingerprint density at radius 2 is 1.97 bits per heavy atom. The number of ether oxygens (including phenoxy) is 1. The molecule has 2 aromatic heterocycles. The summed E-state index contributed by atoms with van der Waals surface area (Å²) in [5.41, 5.74) is 3.17. The van der Waals surface area contributed by atoms with Gasteiger partial charge in [-0.15, -0.1) is 5.10 Å². The van der Waals surface area contributed by atoms with E-state index in [4.69, 9.17) is 27.9 Å². The zero-order chi connectivity index (χ0) is 24.4. The Labute approximate surface area is 209 Å². The third-order valence-electron chi connectivity index (χ3n) is 5.21. The number of fused-ring (bicyclic) bond motifs is 1. The fourth-order valence-corrected chi connectivity index (χ4v) is 4.50. The summed E-state index contributed by atoms with van der Waals surface area (Å²) in [6.07, 6.45) is 0.276. The zero-order valence-electron chi connectivity index (χ0n) is 18.5. The summed E-state index contributed by atoms with van der Waals surface area (Å²) >= 11 is 13.4. The summed E-state index contributed by atoms with van der Waals surface area (Å²) in [5.74, 6) is 0.343. The second kappa shape index (κ2) is 10.2. The summed E-state index contributed by atoms with van der Waals surface area (Å²) in [4.78, 5) is 21.4. The van der Waals surface area contributed by atoms with Crippen molar-refractivity contribution >= 4 is 52.3 Å². The predicted octanol–water partition coefficient (Wildman–Crippen LogP) is 5.52. The van der Waals surface area contributed by atoms with Gasteiger partial charge in [0.15, 0.2) is 0 Å². The molecule has 0 saturated heterocycles. The number of carbonyl (C=O) groups is 1. The van der Waals surface area contributed by atoms with Gasteiger partial charge in [-0.2, -0.15) is 4.98 Å². The highest BCUT2D eigenvalue weighted by atomic mass is 35.5. The number of hydrogen-bond acceptors (Lipinski definition) is 6. The lowest BCUT2D eigenvalue weighted by molar-refractivity contribution is -0.113. The molecule has 2 aromatic carbocycles. The van der Waals surface area contributed by atoms with Gasteiger partial charge in [-0.1, -0.05) is 41.0 Å². The number of halogens is 3. The van der Waals surface area contributed by atoms with Gasteiger partial charge >= 0.3 is 0 Å². The molecule has 0 radical (unpaired) electrons. The van der Waals surface area contributed by atoms with Gasteiger partial charge < -0.3 is 10.1 Å². The van der Waals surface area contributed by atoms with E-state index >= 15 is 0 Å². The second-order valence-corrected chi connectivity index (χ2v) is 9.21. The molecule has 0 aliphatic heterocycles. The van der Waals surface area contributed by atoms with E-state index in [9.17, 15) is 9.18 Å². The SMILES string of the molecule is COc1ccc(Cl)cc1NC(=O)CSc1nc2nc(C)c(Cc3c(F)cccc3Cl)c(C)n2n1. The Morgan fingerprint density at radius 3 is 2.71 bits per heavy atom. The Morgan fingerprint density at radius 1 is 1.18 bits per heavy atom. The quantitative estimate of drug-likeness (QED) is 0.324. The van der Waals surface area contributed by atoms with Crippen molar-refractivity contribution in [3.05, 3.63) is 74.8 Å². The molecule has 0 fully saturated rings. The smallest absolute Gasteiger partial charge is 0.253 e. The van der Waals surface area contributed by atoms with Crippen molar-refractivity contribution in [2.45, 2.75) is 25.4 Å². The van der Waals surface area contributed by atoms with Gasteiger partial charge in [0, 0.05) is 33.4 Å². The van der Waals surface area contributed by atoms with Crippen molar-refractivity contribution in [2.24, 2.45) is 0 Å². The molecule has 7 nitrogen and oxygen atoms in total. The molecule has 1 N–H and O–H groups in total. The number of nitrogens with one attached hydrogen (secondary N) is 1. The lowest BCUT2D eigenvalue weighted by atomic mass is 10.0. The average Bonchev–Trinajstić information content (AvgIpc) is 3.20. The maximum absolute atomic E-state index is 14.3. The molecule has 4 aromatic rings. The van der Waals surface area contributed by atoms with Gasteiger partial charge in [0.25, 0.3) is 5.78 Å². The molecular weight excluding hydrogens is 500 g/mol. The van der Waals surface area contributed by atoms with Crippen molar-refractivity contribution in [2.75, 3.05) is 18.2 Å². The summed E-state index contributed by atoms with van der Waals surface area (Å²) in [7, 11) is 1.51. The Kier molecular flexibility index (Phi) is 7.25. The van der Waals surface area contributed by atoms with Crippen LogP contribution >= 0.6 is 35.0 Å².